The van der Waals surface area contributed by atoms with Crippen molar-refractivity contribution in [2.45, 2.75) is 37.3 Å². The number of hydrogen-bond acceptors (Lipinski definition) is 5. The molecule has 0 spiro atoms. The summed E-state index contributed by atoms with van der Waals surface area (Å²) in [6, 6.07) is 4.70. The van der Waals surface area contributed by atoms with Crippen molar-refractivity contribution in [3.8, 4) is 0 Å². The molecule has 3 rings (SSSR count). The van der Waals surface area contributed by atoms with Crippen LogP contribution >= 0.6 is 0 Å². The quantitative estimate of drug-likeness (QED) is 0.532. The third kappa shape index (κ3) is 6.33. The molecule has 1 fully saturated rings. The minimum atomic E-state index is -4.54. The highest BCUT2D eigenvalue weighted by Crippen LogP contribution is 2.32. The summed E-state index contributed by atoms with van der Waals surface area (Å²) >= 11 is 0. The maximum absolute atomic E-state index is 12.9. The van der Waals surface area contributed by atoms with Gasteiger partial charge in [-0.05, 0) is 49.4 Å². The number of amides is 2. The number of urea groups is 1. The number of alkyl halides is 3. The van der Waals surface area contributed by atoms with Crippen molar-refractivity contribution in [1.29, 1.82) is 0 Å². The van der Waals surface area contributed by atoms with E-state index in [1.54, 1.807) is 6.92 Å². The fourth-order valence-electron chi connectivity index (χ4n) is 2.86. The minimum absolute atomic E-state index is 0.0410. The van der Waals surface area contributed by atoms with E-state index in [0.717, 1.165) is 25.0 Å². The summed E-state index contributed by atoms with van der Waals surface area (Å²) in [7, 11) is -3.57. The van der Waals surface area contributed by atoms with Gasteiger partial charge in [-0.25, -0.2) is 18.2 Å². The van der Waals surface area contributed by atoms with Crippen molar-refractivity contribution < 1.29 is 26.4 Å². The number of benzene rings is 1. The number of nitrogens with zero attached hydrogens (tertiary/aromatic N) is 1. The fourth-order valence-corrected chi connectivity index (χ4v) is 4.14. The summed E-state index contributed by atoms with van der Waals surface area (Å²) in [6.45, 7) is 2.36. The van der Waals surface area contributed by atoms with Crippen LogP contribution in [0.5, 0.6) is 0 Å². The van der Waals surface area contributed by atoms with Gasteiger partial charge in [0.15, 0.2) is 9.84 Å². The van der Waals surface area contributed by atoms with E-state index in [0.29, 0.717) is 24.7 Å². The smallest absolute Gasteiger partial charge is 0.368 e. The second-order valence-electron chi connectivity index (χ2n) is 7.37. The van der Waals surface area contributed by atoms with Crippen molar-refractivity contribution in [2.24, 2.45) is 5.92 Å². The summed E-state index contributed by atoms with van der Waals surface area (Å²) in [5.41, 5.74) is -0.823. The zero-order valence-corrected chi connectivity index (χ0v) is 17.6. The molecule has 0 unspecified atom stereocenters. The van der Waals surface area contributed by atoms with Crippen LogP contribution in [0.15, 0.2) is 41.4 Å². The van der Waals surface area contributed by atoms with Crippen molar-refractivity contribution in [2.75, 3.05) is 28.2 Å². The van der Waals surface area contributed by atoms with E-state index in [9.17, 15) is 26.4 Å². The number of carbonyl (C=O) groups is 1. The van der Waals surface area contributed by atoms with Crippen molar-refractivity contribution in [3.63, 3.8) is 0 Å². The van der Waals surface area contributed by atoms with Gasteiger partial charge in [0.1, 0.15) is 5.82 Å². The Hall–Kier alpha value is -2.82. The molecule has 0 atom stereocenters. The van der Waals surface area contributed by atoms with E-state index < -0.39 is 27.6 Å². The van der Waals surface area contributed by atoms with Crippen LogP contribution in [0.2, 0.25) is 0 Å². The van der Waals surface area contributed by atoms with Crippen LogP contribution in [0.25, 0.3) is 0 Å². The summed E-state index contributed by atoms with van der Waals surface area (Å²) in [5, 5.41) is 7.92. The number of anilines is 3. The topological polar surface area (TPSA) is 100 Å². The van der Waals surface area contributed by atoms with Gasteiger partial charge < -0.3 is 16.0 Å². The zero-order chi connectivity index (χ0) is 22.6. The molecule has 1 aromatic carbocycles. The summed E-state index contributed by atoms with van der Waals surface area (Å²) in [6.07, 6.45) is -0.734. The van der Waals surface area contributed by atoms with E-state index in [4.69, 9.17) is 0 Å². The summed E-state index contributed by atoms with van der Waals surface area (Å²) in [5.74, 6) is 0.720. The second kappa shape index (κ2) is 9.13. The summed E-state index contributed by atoms with van der Waals surface area (Å²) in [4.78, 5) is 16.5. The highest BCUT2D eigenvalue weighted by Gasteiger charge is 2.30. The van der Waals surface area contributed by atoms with Gasteiger partial charge in [-0.15, -0.1) is 0 Å². The number of sulfone groups is 1. The van der Waals surface area contributed by atoms with Gasteiger partial charge in [-0.3, -0.25) is 0 Å². The first-order valence-corrected chi connectivity index (χ1v) is 11.5. The number of aromatic nitrogens is 1. The third-order valence-electron chi connectivity index (χ3n) is 4.65. The van der Waals surface area contributed by atoms with Crippen molar-refractivity contribution in [1.82, 2.24) is 4.98 Å². The first-order chi connectivity index (χ1) is 14.6. The monoisotopic (exact) mass is 456 g/mol. The van der Waals surface area contributed by atoms with Gasteiger partial charge in [0.2, 0.25) is 0 Å². The van der Waals surface area contributed by atoms with E-state index in [1.807, 2.05) is 0 Å². The maximum Gasteiger partial charge on any atom is 0.416 e. The Balaban J connectivity index is 1.81. The van der Waals surface area contributed by atoms with Crippen LogP contribution in [-0.2, 0) is 16.0 Å². The van der Waals surface area contributed by atoms with Crippen LogP contribution in [0.4, 0.5) is 35.2 Å². The molecule has 168 valence electrons. The Labute approximate surface area is 178 Å². The molecular weight excluding hydrogens is 433 g/mol. The molecule has 0 saturated heterocycles. The lowest BCUT2D eigenvalue weighted by molar-refractivity contribution is -0.137. The van der Waals surface area contributed by atoms with Gasteiger partial charge in [0.25, 0.3) is 0 Å². The van der Waals surface area contributed by atoms with Gasteiger partial charge in [-0.1, -0.05) is 13.0 Å². The molecule has 1 heterocycles. The Morgan fingerprint density at radius 2 is 1.94 bits per heavy atom. The molecule has 0 radical (unpaired) electrons. The van der Waals surface area contributed by atoms with Crippen LogP contribution in [0.3, 0.4) is 0 Å². The molecule has 31 heavy (non-hydrogen) atoms. The first kappa shape index (κ1) is 22.9. The predicted octanol–water partition coefficient (Wildman–Crippen LogP) is 4.75. The lowest BCUT2D eigenvalue weighted by Crippen LogP contribution is -2.22. The van der Waals surface area contributed by atoms with Gasteiger partial charge in [0, 0.05) is 18.4 Å². The molecular formula is C20H23F3N4O3S. The normalized spacial score (nSPS) is 14.2. The molecule has 1 saturated carbocycles. The number of nitrogens with one attached hydrogen (secondary N) is 3. The molecule has 1 aromatic heterocycles. The van der Waals surface area contributed by atoms with Gasteiger partial charge in [-0.2, -0.15) is 13.2 Å². The largest absolute Gasteiger partial charge is 0.416 e. The molecule has 0 aliphatic heterocycles. The number of hydrogen-bond donors (Lipinski definition) is 3. The molecule has 11 heteroatoms. The average molecular weight is 456 g/mol. The van der Waals surface area contributed by atoms with Crippen LogP contribution in [0.1, 0.15) is 31.7 Å². The second-order valence-corrected chi connectivity index (χ2v) is 9.48. The lowest BCUT2D eigenvalue weighted by atomic mass is 10.2. The fraction of sp³-hybridized carbons (Fsp3) is 0.400. The van der Waals surface area contributed by atoms with E-state index in [1.165, 1.54) is 24.4 Å². The molecule has 1 aliphatic rings. The molecule has 2 amide bonds. The van der Waals surface area contributed by atoms with Crippen molar-refractivity contribution >= 4 is 33.1 Å². The predicted molar refractivity (Wildman–Crippen MR) is 112 cm³/mol. The number of carbonyl (C=O) groups excluding carboxylic acids is 1. The SMILES string of the molecule is CCCS(=O)(=O)c1cnc(NCC2CC2)c(NC(=O)Nc2cccc(C(F)(F)F)c2)c1. The first-order valence-electron chi connectivity index (χ1n) is 9.80. The molecule has 1 aliphatic carbocycles. The third-order valence-corrected chi connectivity index (χ3v) is 6.53. The van der Waals surface area contributed by atoms with Crippen LogP contribution in [0, 0.1) is 5.92 Å². The number of pyridine rings is 1. The standard InChI is InChI=1S/C20H23F3N4O3S/c1-2-8-31(29,30)16-10-17(18(25-12-16)24-11-13-6-7-13)27-19(28)26-15-5-3-4-14(9-15)20(21,22)23/h3-5,9-10,12-13H,2,6-8,11H2,1H3,(H,24,25)(H2,26,27,28). The van der Waals surface area contributed by atoms with Crippen LogP contribution < -0.4 is 16.0 Å². The number of rotatable bonds is 8. The minimum Gasteiger partial charge on any atom is -0.368 e. The lowest BCUT2D eigenvalue weighted by Gasteiger charge is -2.15. The van der Waals surface area contributed by atoms with E-state index in [-0.39, 0.29) is 22.0 Å². The molecule has 0 bridgehead atoms. The molecule has 7 nitrogen and oxygen atoms in total. The Bertz CT molecular complexity index is 1050. The van der Waals surface area contributed by atoms with Gasteiger partial charge >= 0.3 is 12.2 Å². The highest BCUT2D eigenvalue weighted by atomic mass is 32.2. The Morgan fingerprint density at radius 1 is 1.19 bits per heavy atom. The van der Waals surface area contributed by atoms with Crippen molar-refractivity contribution in [3.05, 3.63) is 42.1 Å². The Morgan fingerprint density at radius 3 is 2.58 bits per heavy atom. The average Bonchev–Trinajstić information content (AvgIpc) is 3.51. The zero-order valence-electron chi connectivity index (χ0n) is 16.8. The maximum atomic E-state index is 12.9. The summed E-state index contributed by atoms with van der Waals surface area (Å²) < 4.78 is 63.4. The van der Waals surface area contributed by atoms with E-state index in [2.05, 4.69) is 20.9 Å². The van der Waals surface area contributed by atoms with Crippen LogP contribution in [-0.4, -0.2) is 31.7 Å². The molecule has 3 N–H and O–H groups in total. The highest BCUT2D eigenvalue weighted by molar-refractivity contribution is 7.91. The number of halogens is 3. The molecule has 2 aromatic rings. The van der Waals surface area contributed by atoms with E-state index >= 15 is 0 Å². The Kier molecular flexibility index (Phi) is 6.73. The van der Waals surface area contributed by atoms with Gasteiger partial charge in [0.05, 0.1) is 21.9 Å².